The lowest BCUT2D eigenvalue weighted by Gasteiger charge is -2.34. The van der Waals surface area contributed by atoms with Gasteiger partial charge in [0.15, 0.2) is 11.5 Å². The zero-order valence-electron chi connectivity index (χ0n) is 14.7. The molecule has 0 aliphatic carbocycles. The fraction of sp³-hybridized carbons (Fsp3) is 0.625. The smallest absolute Gasteiger partial charge is 0.271 e. The molecule has 1 aliphatic heterocycles. The second-order valence-electron chi connectivity index (χ2n) is 6.18. The first-order valence-electron chi connectivity index (χ1n) is 8.24. The summed E-state index contributed by atoms with van der Waals surface area (Å²) in [5.74, 6) is 0.638. The highest BCUT2D eigenvalue weighted by Gasteiger charge is 2.20. The number of amides is 2. The summed E-state index contributed by atoms with van der Waals surface area (Å²) in [6.07, 6.45) is 0.894. The largest absolute Gasteiger partial charge is 0.352 e. The van der Waals surface area contributed by atoms with E-state index < -0.39 is 0 Å². The van der Waals surface area contributed by atoms with Crippen LogP contribution in [0.4, 0.5) is 5.82 Å². The van der Waals surface area contributed by atoms with Crippen LogP contribution in [-0.4, -0.2) is 85.2 Å². The zero-order chi connectivity index (χ0) is 17.5. The molecule has 0 aromatic carbocycles. The third-order valence-electron chi connectivity index (χ3n) is 4.00. The second kappa shape index (κ2) is 8.58. The average molecular weight is 334 g/mol. The minimum atomic E-state index is -0.200. The molecular formula is C16H26N6O2. The highest BCUT2D eigenvalue weighted by molar-refractivity contribution is 5.92. The molecule has 8 heteroatoms. The summed E-state index contributed by atoms with van der Waals surface area (Å²) in [6, 6.07) is 3.51. The molecule has 8 nitrogen and oxygen atoms in total. The van der Waals surface area contributed by atoms with Crippen LogP contribution in [0.15, 0.2) is 12.1 Å². The number of anilines is 1. The van der Waals surface area contributed by atoms with E-state index in [0.29, 0.717) is 25.3 Å². The van der Waals surface area contributed by atoms with Crippen molar-refractivity contribution in [2.45, 2.75) is 13.3 Å². The molecule has 0 saturated carbocycles. The lowest BCUT2D eigenvalue weighted by atomic mass is 10.3. The molecule has 0 atom stereocenters. The molecule has 1 aromatic heterocycles. The Morgan fingerprint density at radius 1 is 1.17 bits per heavy atom. The van der Waals surface area contributed by atoms with E-state index in [4.69, 9.17) is 0 Å². The first-order chi connectivity index (χ1) is 11.5. The van der Waals surface area contributed by atoms with Crippen LogP contribution in [0.1, 0.15) is 23.8 Å². The van der Waals surface area contributed by atoms with Crippen LogP contribution in [0, 0.1) is 0 Å². The first kappa shape index (κ1) is 18.1. The van der Waals surface area contributed by atoms with Crippen LogP contribution in [0.2, 0.25) is 0 Å². The second-order valence-corrected chi connectivity index (χ2v) is 6.18. The Bertz CT molecular complexity index is 552. The number of hydrogen-bond donors (Lipinski definition) is 1. The van der Waals surface area contributed by atoms with Crippen molar-refractivity contribution < 1.29 is 9.59 Å². The fourth-order valence-electron chi connectivity index (χ4n) is 2.55. The monoisotopic (exact) mass is 334 g/mol. The van der Waals surface area contributed by atoms with Gasteiger partial charge in [0.1, 0.15) is 0 Å². The standard InChI is InChI=1S/C16H26N6O2/c1-13(23)21-9-11-22(12-10-21)15-6-5-14(18-19-15)16(24)17-7-4-8-20(2)3/h5-6H,4,7-12H2,1-3H3,(H,17,24). The molecule has 2 amide bonds. The molecule has 0 radical (unpaired) electrons. The van der Waals surface area contributed by atoms with Gasteiger partial charge < -0.3 is 20.0 Å². The number of carbonyl (C=O) groups excluding carboxylic acids is 2. The Morgan fingerprint density at radius 3 is 2.42 bits per heavy atom. The Balaban J connectivity index is 1.82. The molecule has 1 saturated heterocycles. The van der Waals surface area contributed by atoms with Crippen molar-refractivity contribution in [3.05, 3.63) is 17.8 Å². The molecule has 2 heterocycles. The molecular weight excluding hydrogens is 308 g/mol. The zero-order valence-corrected chi connectivity index (χ0v) is 14.7. The Morgan fingerprint density at radius 2 is 1.88 bits per heavy atom. The topological polar surface area (TPSA) is 81.7 Å². The summed E-state index contributed by atoms with van der Waals surface area (Å²) in [5.41, 5.74) is 0.325. The van der Waals surface area contributed by atoms with E-state index in [0.717, 1.165) is 31.9 Å². The number of nitrogens with one attached hydrogen (secondary N) is 1. The van der Waals surface area contributed by atoms with E-state index in [-0.39, 0.29) is 11.8 Å². The van der Waals surface area contributed by atoms with Gasteiger partial charge in [-0.15, -0.1) is 10.2 Å². The summed E-state index contributed by atoms with van der Waals surface area (Å²) in [4.78, 5) is 29.3. The van der Waals surface area contributed by atoms with Crippen LogP contribution in [0.25, 0.3) is 0 Å². The lowest BCUT2D eigenvalue weighted by Crippen LogP contribution is -2.48. The molecule has 1 aliphatic rings. The van der Waals surface area contributed by atoms with Crippen LogP contribution in [0.5, 0.6) is 0 Å². The highest BCUT2D eigenvalue weighted by Crippen LogP contribution is 2.12. The summed E-state index contributed by atoms with van der Waals surface area (Å²) in [7, 11) is 4.00. The SMILES string of the molecule is CC(=O)N1CCN(c2ccc(C(=O)NCCCN(C)C)nn2)CC1. The van der Waals surface area contributed by atoms with Gasteiger partial charge in [0, 0.05) is 39.6 Å². The van der Waals surface area contributed by atoms with Gasteiger partial charge >= 0.3 is 0 Å². The van der Waals surface area contributed by atoms with Crippen LogP contribution in [0.3, 0.4) is 0 Å². The number of piperazine rings is 1. The number of rotatable bonds is 6. The average Bonchev–Trinajstić information content (AvgIpc) is 2.58. The summed E-state index contributed by atoms with van der Waals surface area (Å²) < 4.78 is 0. The maximum Gasteiger partial charge on any atom is 0.271 e. The van der Waals surface area contributed by atoms with E-state index in [2.05, 4.69) is 25.3 Å². The highest BCUT2D eigenvalue weighted by atomic mass is 16.2. The van der Waals surface area contributed by atoms with Gasteiger partial charge in [-0.2, -0.15) is 0 Å². The number of hydrogen-bond acceptors (Lipinski definition) is 6. The summed E-state index contributed by atoms with van der Waals surface area (Å²) >= 11 is 0. The quantitative estimate of drug-likeness (QED) is 0.727. The van der Waals surface area contributed by atoms with Crippen LogP contribution < -0.4 is 10.2 Å². The Labute approximate surface area is 142 Å². The van der Waals surface area contributed by atoms with E-state index in [9.17, 15) is 9.59 Å². The van der Waals surface area contributed by atoms with Crippen LogP contribution in [-0.2, 0) is 4.79 Å². The normalized spacial score (nSPS) is 14.8. The number of carbonyl (C=O) groups is 2. The number of nitrogens with zero attached hydrogens (tertiary/aromatic N) is 5. The molecule has 0 spiro atoms. The molecule has 0 unspecified atom stereocenters. The fourth-order valence-corrected chi connectivity index (χ4v) is 2.55. The van der Waals surface area contributed by atoms with E-state index >= 15 is 0 Å². The maximum atomic E-state index is 12.0. The summed E-state index contributed by atoms with van der Waals surface area (Å²) in [6.45, 7) is 5.96. The van der Waals surface area contributed by atoms with E-state index in [1.54, 1.807) is 13.0 Å². The van der Waals surface area contributed by atoms with Crippen molar-refractivity contribution in [1.82, 2.24) is 25.3 Å². The lowest BCUT2D eigenvalue weighted by molar-refractivity contribution is -0.129. The van der Waals surface area contributed by atoms with Crippen molar-refractivity contribution in [1.29, 1.82) is 0 Å². The van der Waals surface area contributed by atoms with E-state index in [1.807, 2.05) is 25.1 Å². The third-order valence-corrected chi connectivity index (χ3v) is 4.00. The maximum absolute atomic E-state index is 12.0. The third kappa shape index (κ3) is 5.16. The van der Waals surface area contributed by atoms with Crippen molar-refractivity contribution >= 4 is 17.6 Å². The van der Waals surface area contributed by atoms with E-state index in [1.165, 1.54) is 0 Å². The molecule has 2 rings (SSSR count). The van der Waals surface area contributed by atoms with Crippen LogP contribution >= 0.6 is 0 Å². The first-order valence-corrected chi connectivity index (χ1v) is 8.24. The van der Waals surface area contributed by atoms with Gasteiger partial charge in [-0.05, 0) is 39.2 Å². The predicted molar refractivity (Wildman–Crippen MR) is 92.0 cm³/mol. The van der Waals surface area contributed by atoms with Gasteiger partial charge in [-0.1, -0.05) is 0 Å². The molecule has 0 bridgehead atoms. The molecule has 1 fully saturated rings. The molecule has 1 N–H and O–H groups in total. The van der Waals surface area contributed by atoms with Gasteiger partial charge in [-0.3, -0.25) is 9.59 Å². The minimum absolute atomic E-state index is 0.0991. The van der Waals surface area contributed by atoms with Crippen molar-refractivity contribution in [2.75, 3.05) is 58.3 Å². The van der Waals surface area contributed by atoms with Gasteiger partial charge in [0.05, 0.1) is 0 Å². The minimum Gasteiger partial charge on any atom is -0.352 e. The summed E-state index contributed by atoms with van der Waals surface area (Å²) in [5, 5.41) is 11.0. The van der Waals surface area contributed by atoms with Gasteiger partial charge in [0.2, 0.25) is 5.91 Å². The number of aromatic nitrogens is 2. The molecule has 132 valence electrons. The molecule has 1 aromatic rings. The Kier molecular flexibility index (Phi) is 6.48. The van der Waals surface area contributed by atoms with Crippen molar-refractivity contribution in [3.63, 3.8) is 0 Å². The Hall–Kier alpha value is -2.22. The van der Waals surface area contributed by atoms with Crippen molar-refractivity contribution in [3.8, 4) is 0 Å². The molecule has 24 heavy (non-hydrogen) atoms. The van der Waals surface area contributed by atoms with Gasteiger partial charge in [0.25, 0.3) is 5.91 Å². The predicted octanol–water partition coefficient (Wildman–Crippen LogP) is -0.173. The van der Waals surface area contributed by atoms with Gasteiger partial charge in [-0.25, -0.2) is 0 Å². The van der Waals surface area contributed by atoms with Crippen molar-refractivity contribution in [2.24, 2.45) is 0 Å².